The SMILES string of the molecule is O=S(=O)(O)c1ccccc1Nc1nc(Nc2ccc3c(c2S(=O)(=O)O)Oc2c(Cl)c4c(c(Cl)c2=N3)Oc2c(ccc(Nc3nc(Nc5ccc6c(c5S(=O)(=O)O)Oc5c(Cl)c7c(c(Cl)c5=N6)Oc5c(ccc(Nc6nc(Nc8ccccc8S(=O)(=O)O)nc(N(CCO)CCO)n6)c5S(=O)(=O)O)N=7)nc(N(CCO)CCO)n3)c2S(=O)(=O)O)N=4)nc(N(CCO)CCO)n1. The molecule has 3 aromatic heterocycles. The minimum atomic E-state index is -5.58. The largest absolute Gasteiger partial charge is 0.450 e. The van der Waals surface area contributed by atoms with Gasteiger partial charge in [-0.2, -0.15) is 95.4 Å². The van der Waals surface area contributed by atoms with E-state index in [1.165, 1.54) is 51.1 Å². The van der Waals surface area contributed by atoms with E-state index in [0.717, 1.165) is 60.7 Å². The first-order valence-corrected chi connectivity index (χ1v) is 46.4. The molecule has 7 heterocycles. The Labute approximate surface area is 744 Å². The minimum absolute atomic E-state index is 0.203. The van der Waals surface area contributed by atoms with E-state index in [1.807, 2.05) is 0 Å². The summed E-state index contributed by atoms with van der Waals surface area (Å²) in [5.74, 6) is -9.59. The molecule has 60 heteroatoms. The molecule has 8 aromatic carbocycles. The molecule has 0 atom stereocenters. The first-order valence-electron chi connectivity index (χ1n) is 36.3. The minimum Gasteiger partial charge on any atom is -0.450 e. The molecule has 0 saturated heterocycles. The molecule has 0 radical (unpaired) electrons. The molecule has 4 aliphatic rings. The lowest BCUT2D eigenvalue weighted by Crippen LogP contribution is -2.31. The maximum atomic E-state index is 13.8. The van der Waals surface area contributed by atoms with E-state index in [2.05, 4.69) is 96.7 Å². The third-order valence-corrected chi connectivity index (χ3v) is 25.3. The average molecular weight is 1980 g/mol. The molecule has 15 rings (SSSR count). The number of halogens is 4. The number of ether oxygens (including phenoxy) is 4. The van der Waals surface area contributed by atoms with Crippen LogP contribution in [0.4, 0.5) is 110 Å². The van der Waals surface area contributed by atoms with Crippen molar-refractivity contribution in [2.75, 3.05) is 126 Å². The van der Waals surface area contributed by atoms with Gasteiger partial charge >= 0.3 is 0 Å². The van der Waals surface area contributed by atoms with Crippen LogP contribution in [-0.4, -0.2) is 232 Å². The van der Waals surface area contributed by atoms with Gasteiger partial charge < -0.3 is 96.2 Å². The number of hydrogen-bond donors (Lipinski definition) is 18. The molecule has 0 fully saturated rings. The van der Waals surface area contributed by atoms with Gasteiger partial charge in [0.15, 0.2) is 65.6 Å². The molecule has 4 aliphatic heterocycles. The van der Waals surface area contributed by atoms with Crippen LogP contribution in [0.5, 0.6) is 46.0 Å². The Morgan fingerprint density at radius 2 is 0.465 bits per heavy atom. The summed E-state index contributed by atoms with van der Waals surface area (Å²) < 4.78 is 248. The van der Waals surface area contributed by atoms with Crippen molar-refractivity contribution in [2.24, 2.45) is 20.0 Å². The summed E-state index contributed by atoms with van der Waals surface area (Å²) in [6.07, 6.45) is 0. The van der Waals surface area contributed by atoms with Crippen LogP contribution in [0.25, 0.3) is 0 Å². The highest BCUT2D eigenvalue weighted by Gasteiger charge is 2.40. The fourth-order valence-corrected chi connectivity index (χ4v) is 18.5. The second-order valence-electron chi connectivity index (χ2n) is 26.7. The van der Waals surface area contributed by atoms with Gasteiger partial charge in [-0.15, -0.1) is 0 Å². The van der Waals surface area contributed by atoms with E-state index >= 15 is 0 Å². The summed E-state index contributed by atoms with van der Waals surface area (Å²) in [4.78, 5) is 54.6. The van der Waals surface area contributed by atoms with Crippen LogP contribution in [0.1, 0.15) is 0 Å². The van der Waals surface area contributed by atoms with E-state index < -0.39 is 293 Å². The number of anilines is 15. The molecule has 0 bridgehead atoms. The summed E-state index contributed by atoms with van der Waals surface area (Å²) >= 11 is 28.1. The van der Waals surface area contributed by atoms with Crippen LogP contribution in [0.15, 0.2) is 146 Å². The fourth-order valence-electron chi connectivity index (χ4n) is 13.1. The lowest BCUT2D eigenvalue weighted by Gasteiger charge is -2.24. The summed E-state index contributed by atoms with van der Waals surface area (Å²) in [6, 6.07) is 18.6. The summed E-state index contributed by atoms with van der Waals surface area (Å²) in [6.45, 7) is -4.79. The van der Waals surface area contributed by atoms with Crippen molar-refractivity contribution < 1.29 is 127 Å². The zero-order valence-electron chi connectivity index (χ0n) is 64.2. The van der Waals surface area contributed by atoms with Gasteiger partial charge in [0.25, 0.3) is 60.7 Å². The van der Waals surface area contributed by atoms with Crippen LogP contribution in [0.2, 0.25) is 20.1 Å². The second kappa shape index (κ2) is 35.7. The van der Waals surface area contributed by atoms with Gasteiger partial charge in [0.05, 0.1) is 73.8 Å². The van der Waals surface area contributed by atoms with Gasteiger partial charge in [-0.05, 0) is 72.8 Å². The first kappa shape index (κ1) is 91.5. The van der Waals surface area contributed by atoms with Crippen molar-refractivity contribution in [3.63, 3.8) is 0 Å². The number of hydrogen-bond acceptors (Lipinski definition) is 44. The molecule has 0 aliphatic carbocycles. The third kappa shape index (κ3) is 18.6. The van der Waals surface area contributed by atoms with Crippen LogP contribution in [0.3, 0.4) is 0 Å². The van der Waals surface area contributed by atoms with Crippen molar-refractivity contribution >= 4 is 218 Å². The van der Waals surface area contributed by atoms with Crippen molar-refractivity contribution in [2.45, 2.75) is 29.4 Å². The molecular formula is C69H58Cl4N22O28S6. The van der Waals surface area contributed by atoms with Gasteiger partial charge in [-0.25, -0.2) is 20.0 Å². The lowest BCUT2D eigenvalue weighted by atomic mass is 10.2. The van der Waals surface area contributed by atoms with Crippen LogP contribution in [0, 0.1) is 0 Å². The van der Waals surface area contributed by atoms with Crippen LogP contribution in [-0.2, 0) is 60.7 Å². The number of para-hydroxylation sites is 2. The van der Waals surface area contributed by atoms with Gasteiger partial charge in [-0.1, -0.05) is 70.7 Å². The number of aromatic nitrogens is 9. The normalized spacial score (nSPS) is 13.0. The van der Waals surface area contributed by atoms with E-state index in [0.29, 0.717) is 0 Å². The average Bonchev–Trinajstić information content (AvgIpc) is 0.723. The molecule has 0 amide bonds. The van der Waals surface area contributed by atoms with Crippen LogP contribution >= 0.6 is 46.4 Å². The number of benzene rings is 8. The number of fused-ring (bicyclic) bond motifs is 8. The molecule has 676 valence electrons. The highest BCUT2D eigenvalue weighted by atomic mass is 35.5. The van der Waals surface area contributed by atoms with Crippen molar-refractivity contribution in [3.05, 3.63) is 139 Å². The standard InChI is InChI=1S/C69H58Cl4N22O28S6/c70-41-47-55(43(72)45-53(41)120-49-31(74-45)9-13-35(57(49)126(108,109)110)80-63-84-61(87-67(89-63)93(17-23-96)18-24-97)78-29-5-1-3-7-39(29)124(102,103)104)122-51-33(76-47)11-15-37(59(51)128(114,115)116)82-65-86-66(92-69(91-65)95(21-27-100)22-28-101)83-38-16-12-34-52(60(38)129(117,118)119)123-56-44(73)46-54(42(71)48(56)77-34)121-50-32(75-46)10-14-36(58(50)127(111,112)113)81-64-85-62(88-68(90-64)94(19-25-98)20-26-99)79-30-6-2-4-8-40(30)125(105,106)107/h1-16,96-101H,17-28H2,(H,102,103,104)(H,105,106,107)(H,108,109,110)(H,111,112,113)(H,114,115,116)(H,117,118,119)(H2,78,80,84,87,89)(H2,79,81,85,88,90)(H2,82,83,86,91,92). The maximum Gasteiger partial charge on any atom is 0.300 e. The quantitative estimate of drug-likeness (QED) is 0.0229. The Balaban J connectivity index is 0.750. The zero-order chi connectivity index (χ0) is 92.5. The van der Waals surface area contributed by atoms with Gasteiger partial charge in [0.2, 0.25) is 53.5 Å². The summed E-state index contributed by atoms with van der Waals surface area (Å²) in [5.41, 5.74) is -4.45. The monoisotopic (exact) mass is 1970 g/mol. The van der Waals surface area contributed by atoms with Gasteiger partial charge in [0, 0.05) is 39.3 Å². The maximum absolute atomic E-state index is 13.8. The van der Waals surface area contributed by atoms with E-state index in [4.69, 9.17) is 65.4 Å². The van der Waals surface area contributed by atoms with Crippen molar-refractivity contribution in [1.82, 2.24) is 44.9 Å². The molecule has 18 N–H and O–H groups in total. The highest BCUT2D eigenvalue weighted by Crippen LogP contribution is 2.53. The van der Waals surface area contributed by atoms with Crippen molar-refractivity contribution in [1.29, 1.82) is 0 Å². The molecule has 0 saturated carbocycles. The predicted molar refractivity (Wildman–Crippen MR) is 452 cm³/mol. The highest BCUT2D eigenvalue weighted by molar-refractivity contribution is 7.87. The Bertz CT molecular complexity index is 7130. The molecule has 50 nitrogen and oxygen atoms in total. The molecular weight excluding hydrogens is 1920 g/mol. The number of aliphatic hydroxyl groups excluding tert-OH is 6. The Hall–Kier alpha value is -12.2. The smallest absolute Gasteiger partial charge is 0.300 e. The van der Waals surface area contributed by atoms with E-state index in [1.54, 1.807) is 0 Å². The predicted octanol–water partition coefficient (Wildman–Crippen LogP) is 5.40. The topological polar surface area (TPSA) is 732 Å². The summed E-state index contributed by atoms with van der Waals surface area (Å²) in [7, 11) is -31.8. The Kier molecular flexibility index (Phi) is 25.3. The first-order chi connectivity index (χ1) is 61.1. The fraction of sp³-hybridized carbons (Fsp3) is 0.174. The second-order valence-corrected chi connectivity index (χ2v) is 36.5. The van der Waals surface area contributed by atoms with Crippen molar-refractivity contribution in [3.8, 4) is 46.0 Å². The molecule has 0 unspecified atom stereocenters. The summed E-state index contributed by atoms with van der Waals surface area (Å²) in [5, 5.41) is 71.8. The number of nitrogens with zero attached hydrogens (tertiary/aromatic N) is 16. The molecule has 129 heavy (non-hydrogen) atoms. The lowest BCUT2D eigenvalue weighted by molar-refractivity contribution is 0.279. The molecule has 11 aromatic rings. The van der Waals surface area contributed by atoms with Crippen LogP contribution < -0.4 is 87.0 Å². The number of nitrogens with one attached hydrogen (secondary N) is 6. The zero-order valence-corrected chi connectivity index (χ0v) is 72.2. The number of aliphatic hydroxyl groups is 6. The molecule has 0 spiro atoms. The Morgan fingerprint density at radius 3 is 0.659 bits per heavy atom. The Morgan fingerprint density at radius 1 is 0.264 bits per heavy atom. The number of rotatable bonds is 33. The van der Waals surface area contributed by atoms with Gasteiger partial charge in [-0.3, -0.25) is 27.3 Å². The van der Waals surface area contributed by atoms with E-state index in [-0.39, 0.29) is 73.9 Å². The van der Waals surface area contributed by atoms with Gasteiger partial charge in [0.1, 0.15) is 74.1 Å². The van der Waals surface area contributed by atoms with E-state index in [9.17, 15) is 108 Å². The third-order valence-electron chi connectivity index (χ3n) is 18.4.